The van der Waals surface area contributed by atoms with E-state index in [0.29, 0.717) is 24.1 Å². The first-order valence-corrected chi connectivity index (χ1v) is 7.93. The van der Waals surface area contributed by atoms with Gasteiger partial charge in [0.05, 0.1) is 22.7 Å². The summed E-state index contributed by atoms with van der Waals surface area (Å²) in [4.78, 5) is 13.8. The van der Waals surface area contributed by atoms with E-state index in [1.54, 1.807) is 13.8 Å². The number of rotatable bonds is 2. The Balaban J connectivity index is 2.48. The minimum Gasteiger partial charge on any atom is -0.446 e. The molecule has 1 aliphatic heterocycles. The second-order valence-corrected chi connectivity index (χ2v) is 6.37. The number of carbonyl (C=O) groups excluding carboxylic acids is 1. The number of nitrogens with zero attached hydrogens (tertiary/aromatic N) is 1. The maximum absolute atomic E-state index is 12.9. The van der Waals surface area contributed by atoms with E-state index in [2.05, 4.69) is 0 Å². The second kappa shape index (κ2) is 6.59. The molecule has 1 aromatic rings. The van der Waals surface area contributed by atoms with Crippen LogP contribution in [0.1, 0.15) is 50.1 Å². The van der Waals surface area contributed by atoms with Crippen LogP contribution in [0.4, 0.5) is 23.7 Å². The highest BCUT2D eigenvalue weighted by Crippen LogP contribution is 2.44. The van der Waals surface area contributed by atoms with Gasteiger partial charge < -0.3 is 4.74 Å². The Kier molecular flexibility index (Phi) is 5.14. The lowest BCUT2D eigenvalue weighted by atomic mass is 9.92. The normalized spacial score (nSPS) is 21.3. The summed E-state index contributed by atoms with van der Waals surface area (Å²) in [5.74, 6) is 0. The molecule has 0 aromatic heterocycles. The van der Waals surface area contributed by atoms with E-state index in [1.807, 2.05) is 6.92 Å². The minimum atomic E-state index is -4.45. The molecule has 3 nitrogen and oxygen atoms in total. The third-order valence-corrected chi connectivity index (χ3v) is 4.21. The van der Waals surface area contributed by atoms with Crippen LogP contribution >= 0.6 is 11.6 Å². The summed E-state index contributed by atoms with van der Waals surface area (Å²) in [5.41, 5.74) is -0.0670. The van der Waals surface area contributed by atoms with Crippen LogP contribution in [0.15, 0.2) is 18.2 Å². The van der Waals surface area contributed by atoms with Crippen LogP contribution in [-0.2, 0) is 10.9 Å². The SMILES string of the molecule is CC[C@@H]1C[C@@H](Cl)c2cc(C(F)(F)F)ccc2N1C(=O)OC(C)C. The molecule has 2 atom stereocenters. The number of benzene rings is 1. The summed E-state index contributed by atoms with van der Waals surface area (Å²) in [7, 11) is 0. The van der Waals surface area contributed by atoms with Gasteiger partial charge in [-0.25, -0.2) is 4.79 Å². The molecule has 1 aromatic carbocycles. The van der Waals surface area contributed by atoms with Crippen molar-refractivity contribution in [3.8, 4) is 0 Å². The fourth-order valence-electron chi connectivity index (χ4n) is 2.72. The van der Waals surface area contributed by atoms with Crippen molar-refractivity contribution >= 4 is 23.4 Å². The highest BCUT2D eigenvalue weighted by atomic mass is 35.5. The zero-order chi connectivity index (χ0) is 17.4. The van der Waals surface area contributed by atoms with Crippen LogP contribution in [-0.4, -0.2) is 18.2 Å². The van der Waals surface area contributed by atoms with E-state index >= 15 is 0 Å². The number of halogens is 4. The number of hydrogen-bond acceptors (Lipinski definition) is 2. The van der Waals surface area contributed by atoms with Gasteiger partial charge in [-0.3, -0.25) is 4.90 Å². The maximum Gasteiger partial charge on any atom is 0.416 e. The van der Waals surface area contributed by atoms with Crippen molar-refractivity contribution in [2.45, 2.75) is 57.3 Å². The number of amides is 1. The molecule has 1 amide bonds. The third kappa shape index (κ3) is 3.74. The van der Waals surface area contributed by atoms with Gasteiger partial charge in [0.2, 0.25) is 0 Å². The van der Waals surface area contributed by atoms with E-state index in [0.717, 1.165) is 12.1 Å². The second-order valence-electron chi connectivity index (χ2n) is 5.84. The fraction of sp³-hybridized carbons (Fsp3) is 0.562. The van der Waals surface area contributed by atoms with Gasteiger partial charge in [0.1, 0.15) is 0 Å². The molecule has 0 saturated heterocycles. The predicted molar refractivity (Wildman–Crippen MR) is 82.8 cm³/mol. The van der Waals surface area contributed by atoms with E-state index in [9.17, 15) is 18.0 Å². The molecule has 0 bridgehead atoms. The highest BCUT2D eigenvalue weighted by molar-refractivity contribution is 6.21. The van der Waals surface area contributed by atoms with Crippen LogP contribution in [0.3, 0.4) is 0 Å². The zero-order valence-electron chi connectivity index (χ0n) is 13.2. The monoisotopic (exact) mass is 349 g/mol. The van der Waals surface area contributed by atoms with Crippen LogP contribution < -0.4 is 4.90 Å². The van der Waals surface area contributed by atoms with Gasteiger partial charge >= 0.3 is 12.3 Å². The maximum atomic E-state index is 12.9. The van der Waals surface area contributed by atoms with Crippen LogP contribution in [0.2, 0.25) is 0 Å². The summed E-state index contributed by atoms with van der Waals surface area (Å²) < 4.78 is 44.0. The molecule has 23 heavy (non-hydrogen) atoms. The summed E-state index contributed by atoms with van der Waals surface area (Å²) >= 11 is 6.27. The van der Waals surface area contributed by atoms with Crippen LogP contribution in [0.5, 0.6) is 0 Å². The Labute approximate surface area is 138 Å². The van der Waals surface area contributed by atoms with Gasteiger partial charge in [-0.05, 0) is 50.5 Å². The van der Waals surface area contributed by atoms with Crippen molar-refractivity contribution < 1.29 is 22.7 Å². The molecule has 0 unspecified atom stereocenters. The molecule has 2 rings (SSSR count). The molecular weight excluding hydrogens is 331 g/mol. The van der Waals surface area contributed by atoms with Crippen molar-refractivity contribution in [2.75, 3.05) is 4.90 Å². The number of anilines is 1. The molecule has 0 N–H and O–H groups in total. The van der Waals surface area contributed by atoms with Crippen molar-refractivity contribution in [2.24, 2.45) is 0 Å². The lowest BCUT2D eigenvalue weighted by Gasteiger charge is -2.38. The zero-order valence-corrected chi connectivity index (χ0v) is 13.9. The smallest absolute Gasteiger partial charge is 0.416 e. The molecule has 128 valence electrons. The lowest BCUT2D eigenvalue weighted by molar-refractivity contribution is -0.137. The molecule has 0 fully saturated rings. The summed E-state index contributed by atoms with van der Waals surface area (Å²) in [6.07, 6.45) is -4.30. The average molecular weight is 350 g/mol. The molecule has 1 heterocycles. The van der Waals surface area contributed by atoms with Crippen molar-refractivity contribution in [1.29, 1.82) is 0 Å². The van der Waals surface area contributed by atoms with E-state index in [4.69, 9.17) is 16.3 Å². The first kappa shape index (κ1) is 17.9. The molecule has 0 spiro atoms. The van der Waals surface area contributed by atoms with Crippen molar-refractivity contribution in [3.05, 3.63) is 29.3 Å². The number of fused-ring (bicyclic) bond motifs is 1. The molecular formula is C16H19ClF3NO2. The van der Waals surface area contributed by atoms with E-state index < -0.39 is 23.2 Å². The Bertz CT molecular complexity index is 589. The molecule has 7 heteroatoms. The van der Waals surface area contributed by atoms with Gasteiger partial charge in [-0.15, -0.1) is 11.6 Å². The quantitative estimate of drug-likeness (QED) is 0.658. The molecule has 0 aliphatic carbocycles. The van der Waals surface area contributed by atoms with Crippen LogP contribution in [0.25, 0.3) is 0 Å². The number of alkyl halides is 4. The fourth-order valence-corrected chi connectivity index (χ4v) is 3.10. The van der Waals surface area contributed by atoms with Gasteiger partial charge in [-0.1, -0.05) is 6.92 Å². The third-order valence-electron chi connectivity index (χ3n) is 3.80. The minimum absolute atomic E-state index is 0.201. The summed E-state index contributed by atoms with van der Waals surface area (Å²) in [6, 6.07) is 3.09. The molecule has 0 radical (unpaired) electrons. The standard InChI is InChI=1S/C16H19ClF3NO2/c1-4-11-8-13(17)12-7-10(16(18,19)20)5-6-14(12)21(11)15(22)23-9(2)3/h5-7,9,11,13H,4,8H2,1-3H3/t11-,13-/m1/s1. The molecule has 0 saturated carbocycles. The van der Waals surface area contributed by atoms with Gasteiger partial charge in [0.25, 0.3) is 0 Å². The summed E-state index contributed by atoms with van der Waals surface area (Å²) in [6.45, 7) is 5.35. The van der Waals surface area contributed by atoms with Crippen LogP contribution in [0, 0.1) is 0 Å². The topological polar surface area (TPSA) is 29.5 Å². The van der Waals surface area contributed by atoms with E-state index in [1.165, 1.54) is 11.0 Å². The first-order chi connectivity index (χ1) is 10.6. The average Bonchev–Trinajstić information content (AvgIpc) is 2.44. The Morgan fingerprint density at radius 2 is 2.09 bits per heavy atom. The van der Waals surface area contributed by atoms with E-state index in [-0.39, 0.29) is 12.1 Å². The number of hydrogen-bond donors (Lipinski definition) is 0. The largest absolute Gasteiger partial charge is 0.446 e. The lowest BCUT2D eigenvalue weighted by Crippen LogP contribution is -2.45. The highest BCUT2D eigenvalue weighted by Gasteiger charge is 2.38. The van der Waals surface area contributed by atoms with Gasteiger partial charge in [-0.2, -0.15) is 13.2 Å². The van der Waals surface area contributed by atoms with Crippen molar-refractivity contribution in [1.82, 2.24) is 0 Å². The number of carbonyl (C=O) groups is 1. The van der Waals surface area contributed by atoms with Gasteiger partial charge in [0, 0.05) is 6.04 Å². The van der Waals surface area contributed by atoms with Gasteiger partial charge in [0.15, 0.2) is 0 Å². The molecule has 1 aliphatic rings. The first-order valence-electron chi connectivity index (χ1n) is 7.50. The Morgan fingerprint density at radius 3 is 2.61 bits per heavy atom. The number of ether oxygens (including phenoxy) is 1. The summed E-state index contributed by atoms with van der Waals surface area (Å²) in [5, 5.41) is -0.569. The predicted octanol–water partition coefficient (Wildman–Crippen LogP) is 5.52. The Morgan fingerprint density at radius 1 is 1.43 bits per heavy atom. The van der Waals surface area contributed by atoms with Crippen molar-refractivity contribution in [3.63, 3.8) is 0 Å². The Hall–Kier alpha value is -1.43.